The van der Waals surface area contributed by atoms with Crippen LogP contribution in [0.2, 0.25) is 0 Å². The van der Waals surface area contributed by atoms with Crippen LogP contribution in [0, 0.1) is 16.7 Å². The Kier molecular flexibility index (Phi) is 3.63. The number of thioether (sulfide) groups is 1. The van der Waals surface area contributed by atoms with Gasteiger partial charge in [-0.3, -0.25) is 0 Å². The lowest BCUT2D eigenvalue weighted by atomic mass is 9.58. The zero-order valence-electron chi connectivity index (χ0n) is 10.7. The van der Waals surface area contributed by atoms with Crippen molar-refractivity contribution in [2.24, 2.45) is 5.41 Å². The topological polar surface area (TPSA) is 33.0 Å². The van der Waals surface area contributed by atoms with Crippen LogP contribution in [0.5, 0.6) is 0 Å². The highest BCUT2D eigenvalue weighted by atomic mass is 79.9. The van der Waals surface area contributed by atoms with E-state index in [0.29, 0.717) is 5.41 Å². The Morgan fingerprint density at radius 1 is 1.21 bits per heavy atom. The third-order valence-corrected chi connectivity index (χ3v) is 6.52. The molecule has 19 heavy (non-hydrogen) atoms. The summed E-state index contributed by atoms with van der Waals surface area (Å²) in [6.07, 6.45) is 4.25. The number of hydrogen-bond donors (Lipinski definition) is 0. The average Bonchev–Trinajstić information content (AvgIpc) is 2.40. The van der Waals surface area contributed by atoms with E-state index in [-0.39, 0.29) is 4.75 Å². The number of benzene rings is 1. The van der Waals surface area contributed by atoms with Gasteiger partial charge in [-0.05, 0) is 59.2 Å². The second-order valence-corrected chi connectivity index (χ2v) is 7.88. The molecule has 2 aliphatic rings. The molecule has 100 valence electrons. The van der Waals surface area contributed by atoms with E-state index in [1.807, 2.05) is 18.2 Å². The molecule has 0 aromatic heterocycles. The first-order valence-electron chi connectivity index (χ1n) is 6.60. The Morgan fingerprint density at radius 3 is 2.53 bits per heavy atom. The largest absolute Gasteiger partial charge is 0.381 e. The first-order valence-corrected chi connectivity index (χ1v) is 8.21. The molecule has 1 saturated carbocycles. The van der Waals surface area contributed by atoms with Crippen molar-refractivity contribution in [3.63, 3.8) is 0 Å². The number of rotatable bonds is 2. The number of nitrogens with zero attached hydrogens (tertiary/aromatic N) is 1. The molecule has 2 fully saturated rings. The molecule has 1 spiro atoms. The molecule has 1 aromatic rings. The molecule has 0 atom stereocenters. The molecule has 0 bridgehead atoms. The Labute approximate surface area is 126 Å². The van der Waals surface area contributed by atoms with Gasteiger partial charge < -0.3 is 4.74 Å². The van der Waals surface area contributed by atoms with Gasteiger partial charge in [0.05, 0.1) is 6.07 Å². The molecular weight excluding hydrogens is 322 g/mol. The highest BCUT2D eigenvalue weighted by molar-refractivity contribution is 9.10. The maximum absolute atomic E-state index is 9.59. The molecule has 1 aliphatic heterocycles. The van der Waals surface area contributed by atoms with E-state index in [2.05, 4.69) is 28.1 Å². The van der Waals surface area contributed by atoms with Crippen molar-refractivity contribution in [3.8, 4) is 6.07 Å². The van der Waals surface area contributed by atoms with Crippen molar-refractivity contribution >= 4 is 27.7 Å². The lowest BCUT2D eigenvalue weighted by Gasteiger charge is -2.54. The maximum Gasteiger partial charge on any atom is 0.108 e. The molecule has 0 unspecified atom stereocenters. The fraction of sp³-hybridized carbons (Fsp3) is 0.533. The summed E-state index contributed by atoms with van der Waals surface area (Å²) in [5.41, 5.74) is 0.377. The van der Waals surface area contributed by atoms with Crippen molar-refractivity contribution < 1.29 is 4.74 Å². The van der Waals surface area contributed by atoms with Crippen molar-refractivity contribution in [2.45, 2.75) is 35.3 Å². The van der Waals surface area contributed by atoms with Gasteiger partial charge in [-0.1, -0.05) is 12.1 Å². The third kappa shape index (κ3) is 2.56. The number of nitriles is 1. The van der Waals surface area contributed by atoms with Crippen LogP contribution in [-0.2, 0) is 4.74 Å². The SMILES string of the molecule is N#CC1(Sc2ccccc2Br)CC2(CCOCC2)C1. The maximum atomic E-state index is 9.59. The Morgan fingerprint density at radius 2 is 1.89 bits per heavy atom. The smallest absolute Gasteiger partial charge is 0.108 e. The monoisotopic (exact) mass is 337 g/mol. The van der Waals surface area contributed by atoms with E-state index in [0.717, 1.165) is 43.4 Å². The van der Waals surface area contributed by atoms with Crippen LogP contribution < -0.4 is 0 Å². The second kappa shape index (κ2) is 5.12. The highest BCUT2D eigenvalue weighted by Crippen LogP contribution is 2.61. The van der Waals surface area contributed by atoms with Gasteiger partial charge in [0.25, 0.3) is 0 Å². The van der Waals surface area contributed by atoms with Gasteiger partial charge in [0.1, 0.15) is 4.75 Å². The van der Waals surface area contributed by atoms with Crippen molar-refractivity contribution in [3.05, 3.63) is 28.7 Å². The minimum Gasteiger partial charge on any atom is -0.381 e. The van der Waals surface area contributed by atoms with Crippen LogP contribution in [0.3, 0.4) is 0 Å². The normalized spacial score (nSPS) is 23.6. The molecule has 1 aromatic carbocycles. The summed E-state index contributed by atoms with van der Waals surface area (Å²) in [6.45, 7) is 1.72. The molecule has 4 heteroatoms. The molecule has 1 aliphatic carbocycles. The quantitative estimate of drug-likeness (QED) is 0.802. The predicted octanol–water partition coefficient (Wildman–Crippen LogP) is 4.39. The molecule has 0 N–H and O–H groups in total. The fourth-order valence-electron chi connectivity index (χ4n) is 3.23. The van der Waals surface area contributed by atoms with Crippen LogP contribution in [0.15, 0.2) is 33.6 Å². The van der Waals surface area contributed by atoms with Crippen LogP contribution in [0.4, 0.5) is 0 Å². The summed E-state index contributed by atoms with van der Waals surface area (Å²) >= 11 is 5.29. The van der Waals surface area contributed by atoms with Crippen molar-refractivity contribution in [1.29, 1.82) is 5.26 Å². The second-order valence-electron chi connectivity index (χ2n) is 5.60. The molecule has 0 amide bonds. The minimum absolute atomic E-state index is 0.235. The summed E-state index contributed by atoms with van der Waals surface area (Å²) in [5.74, 6) is 0. The summed E-state index contributed by atoms with van der Waals surface area (Å²) < 4.78 is 6.29. The Hall–Kier alpha value is -0.500. The highest BCUT2D eigenvalue weighted by Gasteiger charge is 2.55. The summed E-state index contributed by atoms with van der Waals surface area (Å²) in [6, 6.07) is 10.7. The fourth-order valence-corrected chi connectivity index (χ4v) is 5.29. The van der Waals surface area contributed by atoms with Gasteiger partial charge in [-0.25, -0.2) is 0 Å². The molecular formula is C15H16BrNOS. The van der Waals surface area contributed by atoms with Crippen LogP contribution in [0.1, 0.15) is 25.7 Å². The summed E-state index contributed by atoms with van der Waals surface area (Å²) in [4.78, 5) is 1.17. The summed E-state index contributed by atoms with van der Waals surface area (Å²) in [7, 11) is 0. The lowest BCUT2D eigenvalue weighted by Crippen LogP contribution is -2.51. The van der Waals surface area contributed by atoms with E-state index in [9.17, 15) is 5.26 Å². The molecule has 2 nitrogen and oxygen atoms in total. The Balaban J connectivity index is 1.73. The van der Waals surface area contributed by atoms with E-state index in [1.165, 1.54) is 4.90 Å². The zero-order chi connectivity index (χ0) is 13.3. The van der Waals surface area contributed by atoms with E-state index < -0.39 is 0 Å². The first kappa shape index (κ1) is 13.5. The minimum atomic E-state index is -0.235. The van der Waals surface area contributed by atoms with Crippen molar-refractivity contribution in [2.75, 3.05) is 13.2 Å². The van der Waals surface area contributed by atoms with E-state index >= 15 is 0 Å². The number of ether oxygens (including phenoxy) is 1. The van der Waals surface area contributed by atoms with E-state index in [4.69, 9.17) is 4.74 Å². The standard InChI is InChI=1S/C15H16BrNOS/c16-12-3-1-2-4-13(12)19-15(11-17)9-14(10-15)5-7-18-8-6-14/h1-4H,5-10H2. The van der Waals surface area contributed by atoms with Crippen LogP contribution >= 0.6 is 27.7 Å². The Bertz CT molecular complexity index is 511. The predicted molar refractivity (Wildman–Crippen MR) is 80.1 cm³/mol. The van der Waals surface area contributed by atoms with Crippen LogP contribution in [-0.4, -0.2) is 18.0 Å². The van der Waals surface area contributed by atoms with Gasteiger partial charge in [0.15, 0.2) is 0 Å². The number of halogens is 1. The summed E-state index contributed by atoms with van der Waals surface area (Å²) in [5, 5.41) is 9.59. The average molecular weight is 338 g/mol. The van der Waals surface area contributed by atoms with Gasteiger partial charge in [-0.15, -0.1) is 11.8 Å². The van der Waals surface area contributed by atoms with Gasteiger partial charge in [-0.2, -0.15) is 5.26 Å². The van der Waals surface area contributed by atoms with Gasteiger partial charge in [0.2, 0.25) is 0 Å². The molecule has 0 radical (unpaired) electrons. The third-order valence-electron chi connectivity index (χ3n) is 4.22. The van der Waals surface area contributed by atoms with Crippen LogP contribution in [0.25, 0.3) is 0 Å². The van der Waals surface area contributed by atoms with E-state index in [1.54, 1.807) is 11.8 Å². The molecule has 1 heterocycles. The van der Waals surface area contributed by atoms with Crippen molar-refractivity contribution in [1.82, 2.24) is 0 Å². The molecule has 1 saturated heterocycles. The van der Waals surface area contributed by atoms with Gasteiger partial charge >= 0.3 is 0 Å². The van der Waals surface area contributed by atoms with Gasteiger partial charge in [0, 0.05) is 22.6 Å². The first-order chi connectivity index (χ1) is 9.17. The zero-order valence-corrected chi connectivity index (χ0v) is 13.1. The number of hydrogen-bond acceptors (Lipinski definition) is 3. The lowest BCUT2D eigenvalue weighted by molar-refractivity contribution is -0.0364. The molecule has 3 rings (SSSR count).